The quantitative estimate of drug-likeness (QED) is 0.492. The highest BCUT2D eigenvalue weighted by Crippen LogP contribution is 2.28. The van der Waals surface area contributed by atoms with E-state index < -0.39 is 0 Å². The first-order valence-corrected chi connectivity index (χ1v) is 6.30. The second-order valence-corrected chi connectivity index (χ2v) is 4.81. The molecule has 0 aromatic heterocycles. The summed E-state index contributed by atoms with van der Waals surface area (Å²) in [6, 6.07) is 8.20. The molecule has 0 radical (unpaired) electrons. The van der Waals surface area contributed by atoms with E-state index in [1.807, 2.05) is 18.2 Å². The van der Waals surface area contributed by atoms with E-state index in [0.717, 1.165) is 21.6 Å². The fourth-order valence-electron chi connectivity index (χ4n) is 0.787. The van der Waals surface area contributed by atoms with E-state index in [0.29, 0.717) is 0 Å². The molecule has 1 rings (SSSR count). The van der Waals surface area contributed by atoms with Gasteiger partial charge in [-0.25, -0.2) is 0 Å². The number of rotatable bonds is 4. The molecule has 1 aromatic rings. The molecule has 0 saturated carbocycles. The minimum absolute atomic E-state index is 0.761. The van der Waals surface area contributed by atoms with Gasteiger partial charge in [0.25, 0.3) is 0 Å². The Morgan fingerprint density at radius 3 is 2.77 bits per heavy atom. The van der Waals surface area contributed by atoms with Crippen LogP contribution in [-0.4, -0.2) is 11.5 Å². The largest absolute Gasteiger partial charge is 0.175 e. The molecule has 0 aliphatic carbocycles. The molecule has 0 fully saturated rings. The molecular formula is C10H11BrS2. The van der Waals surface area contributed by atoms with Gasteiger partial charge >= 0.3 is 0 Å². The van der Waals surface area contributed by atoms with Crippen LogP contribution in [-0.2, 0) is 0 Å². The Labute approximate surface area is 97.3 Å². The summed E-state index contributed by atoms with van der Waals surface area (Å²) in [5, 5.41) is 0. The summed E-state index contributed by atoms with van der Waals surface area (Å²) >= 11 is 9.45. The minimum Gasteiger partial charge on any atom is -0.175 e. The van der Waals surface area contributed by atoms with Crippen LogP contribution in [0.25, 0.3) is 0 Å². The van der Waals surface area contributed by atoms with Gasteiger partial charge < -0.3 is 0 Å². The van der Waals surface area contributed by atoms with Crippen LogP contribution >= 0.6 is 40.3 Å². The Kier molecular flexibility index (Phi) is 4.99. The van der Waals surface area contributed by atoms with E-state index in [9.17, 15) is 0 Å². The van der Waals surface area contributed by atoms with E-state index in [2.05, 4.69) is 41.2 Å². The lowest BCUT2D eigenvalue weighted by atomic mass is 10.4. The smallest absolute Gasteiger partial charge is 0.0311 e. The van der Waals surface area contributed by atoms with Crippen LogP contribution in [0.15, 0.2) is 45.8 Å². The van der Waals surface area contributed by atoms with Gasteiger partial charge in [0.15, 0.2) is 0 Å². The Bertz CT molecular complexity index is 297. The average Bonchev–Trinajstić information content (AvgIpc) is 2.16. The van der Waals surface area contributed by atoms with Crippen molar-refractivity contribution in [1.82, 2.24) is 0 Å². The third kappa shape index (κ3) is 3.79. The molecule has 0 amide bonds. The lowest BCUT2D eigenvalue weighted by Gasteiger charge is -2.04. The van der Waals surface area contributed by atoms with Crippen molar-refractivity contribution in [2.45, 2.75) is 4.90 Å². The van der Waals surface area contributed by atoms with Gasteiger partial charge in [-0.05, 0) is 28.1 Å². The fourth-order valence-corrected chi connectivity index (χ4v) is 2.52. The van der Waals surface area contributed by atoms with Crippen LogP contribution in [0, 0.1) is 0 Å². The van der Waals surface area contributed by atoms with Crippen LogP contribution in [0.1, 0.15) is 0 Å². The zero-order valence-corrected chi connectivity index (χ0v) is 10.5. The van der Waals surface area contributed by atoms with Gasteiger partial charge in [-0.15, -0.1) is 11.8 Å². The Hall–Kier alpha value is 0.140. The maximum Gasteiger partial charge on any atom is 0.0311 e. The maximum atomic E-state index is 4.16. The highest BCUT2D eigenvalue weighted by molar-refractivity contribution is 9.10. The number of hydrogen-bond acceptors (Lipinski definition) is 2. The second kappa shape index (κ2) is 5.78. The van der Waals surface area contributed by atoms with Crippen LogP contribution < -0.4 is 0 Å². The maximum absolute atomic E-state index is 4.16. The van der Waals surface area contributed by atoms with Gasteiger partial charge in [0.05, 0.1) is 0 Å². The molecule has 0 atom stereocenters. The lowest BCUT2D eigenvalue weighted by Crippen LogP contribution is -1.86. The van der Waals surface area contributed by atoms with Gasteiger partial charge in [-0.3, -0.25) is 0 Å². The predicted molar refractivity (Wildman–Crippen MR) is 67.9 cm³/mol. The summed E-state index contributed by atoms with van der Waals surface area (Å²) in [4.78, 5) is 1.26. The van der Waals surface area contributed by atoms with Gasteiger partial charge in [0, 0.05) is 20.9 Å². The van der Waals surface area contributed by atoms with Crippen molar-refractivity contribution >= 4 is 40.3 Å². The first-order chi connectivity index (χ1) is 6.24. The number of thioether (sulfide) groups is 1. The SMILES string of the molecule is C=C(CS)CSc1ccccc1Br. The molecule has 3 heteroatoms. The first-order valence-electron chi connectivity index (χ1n) is 3.89. The molecule has 13 heavy (non-hydrogen) atoms. The molecule has 0 aliphatic heterocycles. The standard InChI is InChI=1S/C10H11BrS2/c1-8(6-12)7-13-10-5-3-2-4-9(10)11/h2-5,12H,1,6-7H2. The van der Waals surface area contributed by atoms with Crippen molar-refractivity contribution < 1.29 is 0 Å². The number of benzene rings is 1. The van der Waals surface area contributed by atoms with Crippen molar-refractivity contribution in [2.75, 3.05) is 11.5 Å². The van der Waals surface area contributed by atoms with Gasteiger partial charge in [-0.1, -0.05) is 24.3 Å². The average molecular weight is 275 g/mol. The van der Waals surface area contributed by atoms with Gasteiger partial charge in [-0.2, -0.15) is 12.6 Å². The Morgan fingerprint density at radius 2 is 2.15 bits per heavy atom. The molecule has 0 saturated heterocycles. The molecule has 0 N–H and O–H groups in total. The Morgan fingerprint density at radius 1 is 1.46 bits per heavy atom. The molecule has 1 aromatic carbocycles. The lowest BCUT2D eigenvalue weighted by molar-refractivity contribution is 1.38. The van der Waals surface area contributed by atoms with Crippen molar-refractivity contribution in [3.63, 3.8) is 0 Å². The molecular weight excluding hydrogens is 264 g/mol. The predicted octanol–water partition coefficient (Wildman–Crippen LogP) is 4.03. The van der Waals surface area contributed by atoms with E-state index >= 15 is 0 Å². The highest BCUT2D eigenvalue weighted by atomic mass is 79.9. The van der Waals surface area contributed by atoms with E-state index in [4.69, 9.17) is 0 Å². The minimum atomic E-state index is 0.761. The van der Waals surface area contributed by atoms with Crippen molar-refractivity contribution in [3.05, 3.63) is 40.9 Å². The molecule has 70 valence electrons. The molecule has 0 nitrogen and oxygen atoms in total. The zero-order chi connectivity index (χ0) is 9.68. The fraction of sp³-hybridized carbons (Fsp3) is 0.200. The summed E-state index contributed by atoms with van der Waals surface area (Å²) in [6.07, 6.45) is 0. The van der Waals surface area contributed by atoms with Crippen molar-refractivity contribution in [3.8, 4) is 0 Å². The second-order valence-electron chi connectivity index (χ2n) is 2.63. The van der Waals surface area contributed by atoms with Crippen molar-refractivity contribution in [2.24, 2.45) is 0 Å². The molecule has 0 bridgehead atoms. The van der Waals surface area contributed by atoms with Crippen LogP contribution in [0.4, 0.5) is 0 Å². The van der Waals surface area contributed by atoms with Crippen LogP contribution in [0.5, 0.6) is 0 Å². The zero-order valence-electron chi connectivity index (χ0n) is 7.16. The van der Waals surface area contributed by atoms with Gasteiger partial charge in [0.2, 0.25) is 0 Å². The number of hydrogen-bond donors (Lipinski definition) is 1. The Balaban J connectivity index is 2.54. The topological polar surface area (TPSA) is 0 Å². The summed E-state index contributed by atoms with van der Waals surface area (Å²) < 4.78 is 1.15. The molecule has 0 aliphatic rings. The normalized spacial score (nSPS) is 10.0. The number of halogens is 1. The first kappa shape index (κ1) is 11.2. The monoisotopic (exact) mass is 274 g/mol. The molecule has 0 unspecified atom stereocenters. The van der Waals surface area contributed by atoms with Crippen molar-refractivity contribution in [1.29, 1.82) is 0 Å². The van der Waals surface area contributed by atoms with Crippen LogP contribution in [0.2, 0.25) is 0 Å². The number of thiol groups is 1. The van der Waals surface area contributed by atoms with E-state index in [1.54, 1.807) is 11.8 Å². The molecule has 0 heterocycles. The summed E-state index contributed by atoms with van der Waals surface area (Å²) in [5.41, 5.74) is 1.16. The molecule has 0 spiro atoms. The van der Waals surface area contributed by atoms with Crippen LogP contribution in [0.3, 0.4) is 0 Å². The summed E-state index contributed by atoms with van der Waals surface area (Å²) in [5.74, 6) is 1.70. The van der Waals surface area contributed by atoms with E-state index in [1.165, 1.54) is 4.90 Å². The van der Waals surface area contributed by atoms with E-state index in [-0.39, 0.29) is 0 Å². The van der Waals surface area contributed by atoms with Gasteiger partial charge in [0.1, 0.15) is 0 Å². The summed E-state index contributed by atoms with van der Waals surface area (Å²) in [7, 11) is 0. The summed E-state index contributed by atoms with van der Waals surface area (Å²) in [6.45, 7) is 3.91. The third-order valence-corrected chi connectivity index (χ3v) is 4.11. The third-order valence-electron chi connectivity index (χ3n) is 1.49. The highest BCUT2D eigenvalue weighted by Gasteiger charge is 1.99.